The topological polar surface area (TPSA) is 74.6 Å². The second-order valence-corrected chi connectivity index (χ2v) is 14.1. The van der Waals surface area contributed by atoms with Gasteiger partial charge in [0.1, 0.15) is 0 Å². The van der Waals surface area contributed by atoms with Crippen molar-refractivity contribution in [1.82, 2.24) is 0 Å². The molecule has 0 saturated heterocycles. The van der Waals surface area contributed by atoms with E-state index in [4.69, 9.17) is 0 Å². The molecule has 0 bridgehead atoms. The van der Waals surface area contributed by atoms with E-state index in [1.807, 2.05) is 6.07 Å². The molecular weight excluding hydrogens is 420 g/mol. The number of sulfone groups is 1. The minimum absolute atomic E-state index is 0.0319. The first kappa shape index (κ1) is 22.9. The molecule has 178 valence electrons. The van der Waals surface area contributed by atoms with Crippen molar-refractivity contribution in [3.8, 4) is 0 Å². The van der Waals surface area contributed by atoms with Gasteiger partial charge < -0.3 is 10.2 Å². The lowest BCUT2D eigenvalue weighted by Gasteiger charge is -2.62. The van der Waals surface area contributed by atoms with Gasteiger partial charge in [-0.15, -0.1) is 0 Å². The van der Waals surface area contributed by atoms with Crippen molar-refractivity contribution in [1.29, 1.82) is 0 Å². The van der Waals surface area contributed by atoms with Crippen LogP contribution < -0.4 is 0 Å². The van der Waals surface area contributed by atoms with Gasteiger partial charge in [0.05, 0.1) is 22.9 Å². The predicted molar refractivity (Wildman–Crippen MR) is 126 cm³/mol. The fraction of sp³-hybridized carbons (Fsp3) is 0.778. The van der Waals surface area contributed by atoms with Crippen LogP contribution in [-0.2, 0) is 9.84 Å². The maximum absolute atomic E-state index is 12.9. The van der Waals surface area contributed by atoms with E-state index >= 15 is 0 Å². The largest absolute Gasteiger partial charge is 0.393 e. The summed E-state index contributed by atoms with van der Waals surface area (Å²) in [6.45, 7) is 4.74. The third-order valence-electron chi connectivity index (χ3n) is 10.6. The van der Waals surface area contributed by atoms with Crippen molar-refractivity contribution in [3.63, 3.8) is 0 Å². The summed E-state index contributed by atoms with van der Waals surface area (Å²) in [5.74, 6) is 2.55. The molecule has 4 aliphatic carbocycles. The van der Waals surface area contributed by atoms with Crippen molar-refractivity contribution < 1.29 is 18.6 Å². The van der Waals surface area contributed by atoms with Gasteiger partial charge in [-0.25, -0.2) is 8.42 Å². The molecule has 2 N–H and O–H groups in total. The number of aliphatic hydroxyl groups is 2. The Bertz CT molecular complexity index is 930. The summed E-state index contributed by atoms with van der Waals surface area (Å²) >= 11 is 0. The van der Waals surface area contributed by atoms with Gasteiger partial charge in [-0.3, -0.25) is 0 Å². The molecule has 0 amide bonds. The molecule has 0 heterocycles. The molecule has 4 fully saturated rings. The van der Waals surface area contributed by atoms with Crippen LogP contribution in [0.25, 0.3) is 0 Å². The SMILES string of the molecule is CC12CC(O)C3C(CCC4CC(O)CCC43C)C1CCC2CCS(=O)(=O)c1ccccc1. The zero-order valence-electron chi connectivity index (χ0n) is 19.6. The van der Waals surface area contributed by atoms with Crippen molar-refractivity contribution in [2.45, 2.75) is 88.7 Å². The molecule has 4 aliphatic rings. The Kier molecular flexibility index (Phi) is 5.78. The van der Waals surface area contributed by atoms with E-state index in [9.17, 15) is 18.6 Å². The summed E-state index contributed by atoms with van der Waals surface area (Å²) in [7, 11) is -3.27. The van der Waals surface area contributed by atoms with E-state index in [1.54, 1.807) is 24.3 Å². The van der Waals surface area contributed by atoms with Crippen LogP contribution >= 0.6 is 0 Å². The summed E-state index contributed by atoms with van der Waals surface area (Å²) in [6, 6.07) is 8.83. The summed E-state index contributed by atoms with van der Waals surface area (Å²) in [6.07, 6.45) is 8.39. The minimum atomic E-state index is -3.27. The second kappa shape index (κ2) is 8.09. The van der Waals surface area contributed by atoms with Crippen LogP contribution in [0.5, 0.6) is 0 Å². The highest BCUT2D eigenvalue weighted by Gasteiger charge is 2.62. The second-order valence-electron chi connectivity index (χ2n) is 12.0. The molecule has 0 aromatic heterocycles. The minimum Gasteiger partial charge on any atom is -0.393 e. The van der Waals surface area contributed by atoms with E-state index < -0.39 is 9.84 Å². The fourth-order valence-corrected chi connectivity index (χ4v) is 10.4. The van der Waals surface area contributed by atoms with E-state index in [2.05, 4.69) is 13.8 Å². The van der Waals surface area contributed by atoms with Crippen LogP contribution in [0, 0.1) is 40.4 Å². The molecule has 32 heavy (non-hydrogen) atoms. The molecule has 0 spiro atoms. The van der Waals surface area contributed by atoms with Crippen LogP contribution in [0.3, 0.4) is 0 Å². The molecule has 9 atom stereocenters. The Morgan fingerprint density at radius 3 is 2.47 bits per heavy atom. The van der Waals surface area contributed by atoms with Gasteiger partial charge in [0.2, 0.25) is 0 Å². The number of aliphatic hydroxyl groups excluding tert-OH is 2. The molecular formula is C27H40O4S. The lowest BCUT2D eigenvalue weighted by Crippen LogP contribution is -2.59. The lowest BCUT2D eigenvalue weighted by atomic mass is 9.44. The molecule has 5 rings (SSSR count). The van der Waals surface area contributed by atoms with Gasteiger partial charge >= 0.3 is 0 Å². The molecule has 1 aromatic rings. The predicted octanol–water partition coefficient (Wildman–Crippen LogP) is 4.84. The van der Waals surface area contributed by atoms with E-state index in [-0.39, 0.29) is 28.8 Å². The monoisotopic (exact) mass is 460 g/mol. The first-order valence-corrected chi connectivity index (χ1v) is 14.4. The zero-order valence-corrected chi connectivity index (χ0v) is 20.4. The molecule has 1 aromatic carbocycles. The number of benzene rings is 1. The standard InChI is InChI=1S/C27H40O4S/c1-26-14-12-20(28)16-19(26)8-10-22-23-11-9-18(27(23,2)17-24(29)25(22)26)13-15-32(30,31)21-6-4-3-5-7-21/h3-7,18-20,22-25,28-29H,8-17H2,1-2H3. The van der Waals surface area contributed by atoms with Crippen LogP contribution in [0.15, 0.2) is 35.2 Å². The van der Waals surface area contributed by atoms with Crippen molar-refractivity contribution in [2.75, 3.05) is 5.75 Å². The van der Waals surface area contributed by atoms with Gasteiger partial charge in [-0.2, -0.15) is 0 Å². The summed E-state index contributed by atoms with van der Waals surface area (Å²) in [4.78, 5) is 0.425. The first-order chi connectivity index (χ1) is 15.1. The number of hydrogen-bond acceptors (Lipinski definition) is 4. The Labute approximate surface area is 193 Å². The average Bonchev–Trinajstić information content (AvgIpc) is 3.09. The maximum atomic E-state index is 12.9. The lowest BCUT2D eigenvalue weighted by molar-refractivity contribution is -0.177. The molecule has 5 heteroatoms. The Morgan fingerprint density at radius 2 is 1.72 bits per heavy atom. The maximum Gasteiger partial charge on any atom is 0.178 e. The van der Waals surface area contributed by atoms with Gasteiger partial charge in [-0.1, -0.05) is 32.0 Å². The van der Waals surface area contributed by atoms with Gasteiger partial charge in [-0.05, 0) is 110 Å². The van der Waals surface area contributed by atoms with Crippen LogP contribution in [0.2, 0.25) is 0 Å². The van der Waals surface area contributed by atoms with E-state index in [1.165, 1.54) is 12.8 Å². The Hall–Kier alpha value is -0.910. The van der Waals surface area contributed by atoms with Crippen LogP contribution in [0.1, 0.15) is 71.6 Å². The van der Waals surface area contributed by atoms with Crippen molar-refractivity contribution in [2.24, 2.45) is 40.4 Å². The van der Waals surface area contributed by atoms with Crippen LogP contribution in [0.4, 0.5) is 0 Å². The summed E-state index contributed by atoms with van der Waals surface area (Å²) in [5.41, 5.74) is 0.168. The highest BCUT2D eigenvalue weighted by Crippen LogP contribution is 2.67. The molecule has 9 unspecified atom stereocenters. The molecule has 0 radical (unpaired) electrons. The zero-order chi connectivity index (χ0) is 22.7. The number of hydrogen-bond donors (Lipinski definition) is 2. The van der Waals surface area contributed by atoms with Crippen molar-refractivity contribution in [3.05, 3.63) is 30.3 Å². The highest BCUT2D eigenvalue weighted by atomic mass is 32.2. The Balaban J connectivity index is 1.34. The highest BCUT2D eigenvalue weighted by molar-refractivity contribution is 7.91. The van der Waals surface area contributed by atoms with E-state index in [0.717, 1.165) is 38.5 Å². The number of rotatable bonds is 4. The fourth-order valence-electron chi connectivity index (χ4n) is 8.98. The molecule has 4 nitrogen and oxygen atoms in total. The molecule has 0 aliphatic heterocycles. The molecule has 4 saturated carbocycles. The summed E-state index contributed by atoms with van der Waals surface area (Å²) < 4.78 is 25.8. The third kappa shape index (κ3) is 3.58. The van der Waals surface area contributed by atoms with E-state index in [0.29, 0.717) is 40.9 Å². The van der Waals surface area contributed by atoms with Crippen LogP contribution in [-0.4, -0.2) is 36.6 Å². The Morgan fingerprint density at radius 1 is 0.969 bits per heavy atom. The summed E-state index contributed by atoms with van der Waals surface area (Å²) in [5, 5.41) is 21.8. The number of fused-ring (bicyclic) bond motifs is 5. The smallest absolute Gasteiger partial charge is 0.178 e. The van der Waals surface area contributed by atoms with Crippen molar-refractivity contribution >= 4 is 9.84 Å². The quantitative estimate of drug-likeness (QED) is 0.674. The first-order valence-electron chi connectivity index (χ1n) is 12.8. The average molecular weight is 461 g/mol. The third-order valence-corrected chi connectivity index (χ3v) is 12.4. The van der Waals surface area contributed by atoms with Gasteiger partial charge in [0.15, 0.2) is 9.84 Å². The van der Waals surface area contributed by atoms with Gasteiger partial charge in [0, 0.05) is 0 Å². The normalized spacial score (nSPS) is 46.2. The van der Waals surface area contributed by atoms with Gasteiger partial charge in [0.25, 0.3) is 0 Å².